The number of aliphatic hydroxyl groups is 1. The van der Waals surface area contributed by atoms with Crippen LogP contribution in [0.15, 0.2) is 22.7 Å². The van der Waals surface area contributed by atoms with Crippen molar-refractivity contribution in [2.75, 3.05) is 0 Å². The first-order chi connectivity index (χ1) is 6.00. The highest BCUT2D eigenvalue weighted by Crippen LogP contribution is 2.30. The minimum Gasteiger partial charge on any atom is -0.367 e. The lowest BCUT2D eigenvalue weighted by Crippen LogP contribution is -2.35. The Labute approximate surface area is 83.9 Å². The molecule has 1 aromatic rings. The molecule has 1 atom stereocenters. The molecule has 1 aromatic carbocycles. The molecule has 1 unspecified atom stereocenters. The van der Waals surface area contributed by atoms with Gasteiger partial charge < -0.3 is 10.4 Å². The van der Waals surface area contributed by atoms with Crippen molar-refractivity contribution < 1.29 is 9.90 Å². The van der Waals surface area contributed by atoms with E-state index in [4.69, 9.17) is 0 Å². The van der Waals surface area contributed by atoms with Crippen molar-refractivity contribution >= 4 is 21.8 Å². The Morgan fingerprint density at radius 3 is 2.92 bits per heavy atom. The standard InChI is InChI=1S/C9H8BrNO2/c1-9(13)7-3-2-5(10)4-6(7)8(12)11-9/h2-4,13H,1H3,(H,11,12). The molecule has 0 saturated heterocycles. The smallest absolute Gasteiger partial charge is 0.254 e. The molecule has 1 aliphatic heterocycles. The van der Waals surface area contributed by atoms with Crippen LogP contribution in [0.2, 0.25) is 0 Å². The number of hydrogen-bond donors (Lipinski definition) is 2. The Kier molecular flexibility index (Phi) is 1.72. The molecule has 0 aromatic heterocycles. The second-order valence-electron chi connectivity index (χ2n) is 3.22. The summed E-state index contributed by atoms with van der Waals surface area (Å²) in [6.45, 7) is 1.56. The zero-order valence-corrected chi connectivity index (χ0v) is 8.55. The maximum absolute atomic E-state index is 11.3. The van der Waals surface area contributed by atoms with Crippen molar-refractivity contribution in [3.63, 3.8) is 0 Å². The molecular weight excluding hydrogens is 234 g/mol. The van der Waals surface area contributed by atoms with Gasteiger partial charge in [-0.2, -0.15) is 0 Å². The van der Waals surface area contributed by atoms with Crippen molar-refractivity contribution in [2.45, 2.75) is 12.6 Å². The largest absolute Gasteiger partial charge is 0.367 e. The summed E-state index contributed by atoms with van der Waals surface area (Å²) in [5.74, 6) is -0.235. The van der Waals surface area contributed by atoms with E-state index in [2.05, 4.69) is 21.2 Å². The lowest BCUT2D eigenvalue weighted by molar-refractivity contribution is 0.0301. The van der Waals surface area contributed by atoms with Crippen molar-refractivity contribution in [3.8, 4) is 0 Å². The lowest BCUT2D eigenvalue weighted by Gasteiger charge is -2.16. The normalized spacial score (nSPS) is 25.6. The number of hydrogen-bond acceptors (Lipinski definition) is 2. The van der Waals surface area contributed by atoms with Crippen LogP contribution in [0.5, 0.6) is 0 Å². The number of amides is 1. The molecule has 0 spiro atoms. The second-order valence-corrected chi connectivity index (χ2v) is 4.13. The van der Waals surface area contributed by atoms with Gasteiger partial charge in [-0.25, -0.2) is 0 Å². The summed E-state index contributed by atoms with van der Waals surface area (Å²) >= 11 is 3.27. The molecule has 4 heteroatoms. The van der Waals surface area contributed by atoms with Gasteiger partial charge >= 0.3 is 0 Å². The van der Waals surface area contributed by atoms with E-state index in [9.17, 15) is 9.90 Å². The van der Waals surface area contributed by atoms with Gasteiger partial charge in [0.15, 0.2) is 5.72 Å². The van der Waals surface area contributed by atoms with E-state index in [0.29, 0.717) is 11.1 Å². The fraction of sp³-hybridized carbons (Fsp3) is 0.222. The van der Waals surface area contributed by atoms with Crippen LogP contribution in [-0.2, 0) is 5.72 Å². The number of carbonyl (C=O) groups is 1. The predicted molar refractivity (Wildman–Crippen MR) is 51.2 cm³/mol. The van der Waals surface area contributed by atoms with Crippen molar-refractivity contribution in [3.05, 3.63) is 33.8 Å². The first-order valence-corrected chi connectivity index (χ1v) is 4.65. The van der Waals surface area contributed by atoms with Crippen LogP contribution in [0.1, 0.15) is 22.8 Å². The minimum atomic E-state index is -1.23. The van der Waals surface area contributed by atoms with Crippen LogP contribution in [0.3, 0.4) is 0 Å². The Balaban J connectivity index is 2.66. The minimum absolute atomic E-state index is 0.235. The van der Waals surface area contributed by atoms with Crippen LogP contribution in [0, 0.1) is 0 Å². The Bertz CT molecular complexity index is 387. The average molecular weight is 242 g/mol. The fourth-order valence-electron chi connectivity index (χ4n) is 1.48. The van der Waals surface area contributed by atoms with Crippen molar-refractivity contribution in [1.29, 1.82) is 0 Å². The topological polar surface area (TPSA) is 49.3 Å². The second kappa shape index (κ2) is 2.56. The third-order valence-corrected chi connectivity index (χ3v) is 2.60. The Morgan fingerprint density at radius 2 is 2.23 bits per heavy atom. The Morgan fingerprint density at radius 1 is 1.54 bits per heavy atom. The number of fused-ring (bicyclic) bond motifs is 1. The number of rotatable bonds is 0. The number of halogens is 1. The summed E-state index contributed by atoms with van der Waals surface area (Å²) in [6.07, 6.45) is 0. The highest BCUT2D eigenvalue weighted by atomic mass is 79.9. The van der Waals surface area contributed by atoms with Gasteiger partial charge in [-0.1, -0.05) is 22.0 Å². The highest BCUT2D eigenvalue weighted by molar-refractivity contribution is 9.10. The van der Waals surface area contributed by atoms with Crippen LogP contribution in [-0.4, -0.2) is 11.0 Å². The van der Waals surface area contributed by atoms with Crippen molar-refractivity contribution in [2.24, 2.45) is 0 Å². The van der Waals surface area contributed by atoms with Gasteiger partial charge in [0.1, 0.15) is 0 Å². The summed E-state index contributed by atoms with van der Waals surface area (Å²) in [6, 6.07) is 5.23. The van der Waals surface area contributed by atoms with Gasteiger partial charge in [0.05, 0.1) is 0 Å². The summed E-state index contributed by atoms with van der Waals surface area (Å²) < 4.78 is 0.833. The molecule has 3 nitrogen and oxygen atoms in total. The fourth-order valence-corrected chi connectivity index (χ4v) is 1.85. The van der Waals surface area contributed by atoms with E-state index in [1.165, 1.54) is 0 Å². The third kappa shape index (κ3) is 1.26. The van der Waals surface area contributed by atoms with Gasteiger partial charge in [0, 0.05) is 15.6 Å². The summed E-state index contributed by atoms with van der Waals surface area (Å²) in [4.78, 5) is 11.3. The van der Waals surface area contributed by atoms with Crippen molar-refractivity contribution in [1.82, 2.24) is 5.32 Å². The first-order valence-electron chi connectivity index (χ1n) is 3.85. The van der Waals surface area contributed by atoms with Crippen LogP contribution in [0.4, 0.5) is 0 Å². The molecule has 0 bridgehead atoms. The average Bonchev–Trinajstić information content (AvgIpc) is 2.22. The van der Waals surface area contributed by atoms with E-state index in [0.717, 1.165) is 4.47 Å². The SMILES string of the molecule is CC1(O)NC(=O)c2cc(Br)ccc21. The molecule has 1 aliphatic rings. The van der Waals surface area contributed by atoms with Crippen LogP contribution >= 0.6 is 15.9 Å². The molecule has 2 N–H and O–H groups in total. The summed E-state index contributed by atoms with van der Waals surface area (Å²) in [5, 5.41) is 12.2. The summed E-state index contributed by atoms with van der Waals surface area (Å²) in [5.41, 5.74) is -0.0762. The molecular formula is C9H8BrNO2. The van der Waals surface area contributed by atoms with Crippen LogP contribution in [0.25, 0.3) is 0 Å². The molecule has 68 valence electrons. The van der Waals surface area contributed by atoms with E-state index < -0.39 is 5.72 Å². The maximum atomic E-state index is 11.3. The zero-order valence-electron chi connectivity index (χ0n) is 6.97. The van der Waals surface area contributed by atoms with E-state index in [1.54, 1.807) is 25.1 Å². The monoisotopic (exact) mass is 241 g/mol. The highest BCUT2D eigenvalue weighted by Gasteiger charge is 2.36. The molecule has 13 heavy (non-hydrogen) atoms. The molecule has 0 radical (unpaired) electrons. The zero-order chi connectivity index (χ0) is 9.64. The lowest BCUT2D eigenvalue weighted by atomic mass is 10.0. The van der Waals surface area contributed by atoms with Crippen LogP contribution < -0.4 is 5.32 Å². The molecule has 0 aliphatic carbocycles. The molecule has 0 saturated carbocycles. The van der Waals surface area contributed by atoms with E-state index in [-0.39, 0.29) is 5.91 Å². The molecule has 1 heterocycles. The predicted octanol–water partition coefficient (Wildman–Crippen LogP) is 1.36. The van der Waals surface area contributed by atoms with E-state index in [1.807, 2.05) is 0 Å². The number of nitrogens with one attached hydrogen (secondary N) is 1. The number of carbonyl (C=O) groups excluding carboxylic acids is 1. The van der Waals surface area contributed by atoms with Gasteiger partial charge in [0.25, 0.3) is 5.91 Å². The third-order valence-electron chi connectivity index (χ3n) is 2.11. The van der Waals surface area contributed by atoms with Gasteiger partial charge in [-0.15, -0.1) is 0 Å². The van der Waals surface area contributed by atoms with Gasteiger partial charge in [-0.3, -0.25) is 4.79 Å². The van der Waals surface area contributed by atoms with E-state index >= 15 is 0 Å². The van der Waals surface area contributed by atoms with Gasteiger partial charge in [-0.05, 0) is 19.1 Å². The molecule has 1 amide bonds. The molecule has 0 fully saturated rings. The quantitative estimate of drug-likeness (QED) is 0.721. The molecule has 2 rings (SSSR count). The number of benzene rings is 1. The van der Waals surface area contributed by atoms with Gasteiger partial charge in [0.2, 0.25) is 0 Å². The first kappa shape index (κ1) is 8.72. The summed E-state index contributed by atoms with van der Waals surface area (Å²) in [7, 11) is 0. The maximum Gasteiger partial charge on any atom is 0.254 e. The Hall–Kier alpha value is -0.870.